The molecule has 21 heavy (non-hydrogen) atoms. The third kappa shape index (κ3) is 2.86. The van der Waals surface area contributed by atoms with Crippen molar-refractivity contribution in [3.05, 3.63) is 50.2 Å². The largest absolute Gasteiger partial charge is 0.465 e. The Kier molecular flexibility index (Phi) is 4.76. The number of carbonyl (C=O) groups is 1. The minimum Gasteiger partial charge on any atom is -0.465 e. The number of rotatable bonds is 2. The topological polar surface area (TPSA) is 52.3 Å². The lowest BCUT2D eigenvalue weighted by Gasteiger charge is -2.13. The first-order chi connectivity index (χ1) is 9.88. The minimum atomic E-state index is -0.769. The summed E-state index contributed by atoms with van der Waals surface area (Å²) in [5.74, 6) is -1.50. The van der Waals surface area contributed by atoms with Gasteiger partial charge in [0, 0.05) is 15.6 Å². The molecule has 0 bridgehead atoms. The Hall–Kier alpha value is -1.30. The first kappa shape index (κ1) is 16.1. The van der Waals surface area contributed by atoms with Crippen LogP contribution >= 0.6 is 39.1 Å². The fraction of sp³-hybridized carbons (Fsp3) is 0.0714. The second-order valence-electron chi connectivity index (χ2n) is 4.10. The van der Waals surface area contributed by atoms with E-state index < -0.39 is 11.8 Å². The Morgan fingerprint density at radius 2 is 2.05 bits per heavy atom. The summed E-state index contributed by atoms with van der Waals surface area (Å²) in [4.78, 5) is 11.6. The molecule has 2 rings (SSSR count). The van der Waals surface area contributed by atoms with Crippen LogP contribution in [0.2, 0.25) is 10.0 Å². The van der Waals surface area contributed by atoms with E-state index in [-0.39, 0.29) is 26.9 Å². The van der Waals surface area contributed by atoms with Gasteiger partial charge in [-0.25, -0.2) is 9.18 Å². The lowest BCUT2D eigenvalue weighted by Crippen LogP contribution is -2.09. The van der Waals surface area contributed by atoms with Gasteiger partial charge in [-0.2, -0.15) is 0 Å². The van der Waals surface area contributed by atoms with Crippen molar-refractivity contribution >= 4 is 50.8 Å². The van der Waals surface area contributed by atoms with E-state index in [2.05, 4.69) is 20.7 Å². The van der Waals surface area contributed by atoms with Crippen LogP contribution in [0.15, 0.2) is 28.7 Å². The number of halogens is 4. The maximum Gasteiger partial charge on any atom is 0.340 e. The number of carbonyl (C=O) groups excluding carboxylic acids is 1. The number of ether oxygens (including phenoxy) is 1. The molecule has 0 spiro atoms. The zero-order valence-electron chi connectivity index (χ0n) is 10.7. The molecule has 0 radical (unpaired) electrons. The van der Waals surface area contributed by atoms with Crippen molar-refractivity contribution < 1.29 is 13.9 Å². The number of esters is 1. The van der Waals surface area contributed by atoms with Gasteiger partial charge in [-0.1, -0.05) is 51.3 Å². The van der Waals surface area contributed by atoms with Crippen LogP contribution in [0.25, 0.3) is 11.1 Å². The summed E-state index contributed by atoms with van der Waals surface area (Å²) in [5.41, 5.74) is 5.81. The molecular formula is C14H9BrCl2FNO2. The number of methoxy groups -OCH3 is 1. The molecule has 2 aromatic rings. The molecule has 0 atom stereocenters. The zero-order chi connectivity index (χ0) is 15.7. The van der Waals surface area contributed by atoms with Gasteiger partial charge in [-0.15, -0.1) is 0 Å². The van der Waals surface area contributed by atoms with Gasteiger partial charge in [0.05, 0.1) is 28.4 Å². The van der Waals surface area contributed by atoms with Crippen LogP contribution in [0.1, 0.15) is 10.4 Å². The van der Waals surface area contributed by atoms with Crippen LogP contribution < -0.4 is 5.73 Å². The first-order valence-electron chi connectivity index (χ1n) is 5.68. The number of nitrogens with two attached hydrogens (primary N) is 1. The van der Waals surface area contributed by atoms with Crippen LogP contribution in [0.5, 0.6) is 0 Å². The second kappa shape index (κ2) is 6.22. The molecule has 2 N–H and O–H groups in total. The van der Waals surface area contributed by atoms with Gasteiger partial charge in [0.15, 0.2) is 5.82 Å². The van der Waals surface area contributed by atoms with E-state index in [4.69, 9.17) is 28.9 Å². The lowest BCUT2D eigenvalue weighted by molar-refractivity contribution is 0.0601. The molecule has 0 aromatic heterocycles. The standard InChI is InChI=1S/C14H9BrCl2FNO2/c1-21-14(20)7-5-8(15)10(12(18)13(7)19)6-3-2-4-9(16)11(6)17/h2-5H,19H2,1H3. The Balaban J connectivity index is 2.75. The highest BCUT2D eigenvalue weighted by Gasteiger charge is 2.22. The highest BCUT2D eigenvalue weighted by molar-refractivity contribution is 9.10. The fourth-order valence-electron chi connectivity index (χ4n) is 1.86. The highest BCUT2D eigenvalue weighted by Crippen LogP contribution is 2.41. The van der Waals surface area contributed by atoms with E-state index in [1.807, 2.05) is 0 Å². The quantitative estimate of drug-likeness (QED) is 0.582. The van der Waals surface area contributed by atoms with E-state index in [0.29, 0.717) is 10.0 Å². The van der Waals surface area contributed by atoms with Crippen molar-refractivity contribution in [2.24, 2.45) is 0 Å². The summed E-state index contributed by atoms with van der Waals surface area (Å²) in [6, 6.07) is 6.22. The van der Waals surface area contributed by atoms with Crippen LogP contribution in [0, 0.1) is 5.82 Å². The lowest BCUT2D eigenvalue weighted by atomic mass is 10.0. The summed E-state index contributed by atoms with van der Waals surface area (Å²) in [6.07, 6.45) is 0. The molecule has 0 fully saturated rings. The molecule has 0 saturated carbocycles. The average molecular weight is 393 g/mol. The molecule has 7 heteroatoms. The molecule has 0 heterocycles. The van der Waals surface area contributed by atoms with Gasteiger partial charge in [0.2, 0.25) is 0 Å². The predicted octanol–water partition coefficient (Wildman–Crippen LogP) is 4.93. The van der Waals surface area contributed by atoms with Crippen LogP contribution in [0.3, 0.4) is 0 Å². The molecule has 0 amide bonds. The summed E-state index contributed by atoms with van der Waals surface area (Å²) in [7, 11) is 1.19. The number of nitrogen functional groups attached to an aromatic ring is 1. The van der Waals surface area contributed by atoms with Gasteiger partial charge >= 0.3 is 5.97 Å². The summed E-state index contributed by atoms with van der Waals surface area (Å²) >= 11 is 15.3. The van der Waals surface area contributed by atoms with E-state index in [1.165, 1.54) is 13.2 Å². The molecule has 0 aliphatic rings. The maximum atomic E-state index is 14.6. The number of benzene rings is 2. The molecular weight excluding hydrogens is 384 g/mol. The van der Waals surface area contributed by atoms with Crippen LogP contribution in [-0.2, 0) is 4.74 Å². The van der Waals surface area contributed by atoms with E-state index in [9.17, 15) is 9.18 Å². The van der Waals surface area contributed by atoms with E-state index in [1.54, 1.807) is 18.2 Å². The summed E-state index contributed by atoms with van der Waals surface area (Å²) in [6.45, 7) is 0. The van der Waals surface area contributed by atoms with Crippen molar-refractivity contribution in [1.29, 1.82) is 0 Å². The van der Waals surface area contributed by atoms with Gasteiger partial charge in [-0.05, 0) is 12.1 Å². The van der Waals surface area contributed by atoms with Gasteiger partial charge in [0.1, 0.15) is 0 Å². The highest BCUT2D eigenvalue weighted by atomic mass is 79.9. The smallest absolute Gasteiger partial charge is 0.340 e. The van der Waals surface area contributed by atoms with Crippen molar-refractivity contribution in [2.45, 2.75) is 0 Å². The van der Waals surface area contributed by atoms with Gasteiger partial charge in [0.25, 0.3) is 0 Å². The van der Waals surface area contributed by atoms with Crippen molar-refractivity contribution in [2.75, 3.05) is 12.8 Å². The normalized spacial score (nSPS) is 10.5. The van der Waals surface area contributed by atoms with Gasteiger partial charge < -0.3 is 10.5 Å². The maximum absolute atomic E-state index is 14.6. The first-order valence-corrected chi connectivity index (χ1v) is 7.23. The predicted molar refractivity (Wildman–Crippen MR) is 85.3 cm³/mol. The van der Waals surface area contributed by atoms with Crippen LogP contribution in [0.4, 0.5) is 10.1 Å². The molecule has 0 saturated heterocycles. The Morgan fingerprint density at radius 3 is 2.67 bits per heavy atom. The van der Waals surface area contributed by atoms with Crippen LogP contribution in [-0.4, -0.2) is 13.1 Å². The molecule has 0 unspecified atom stereocenters. The average Bonchev–Trinajstić information content (AvgIpc) is 2.46. The van der Waals surface area contributed by atoms with E-state index >= 15 is 0 Å². The molecule has 0 aliphatic heterocycles. The Bertz CT molecular complexity index is 737. The monoisotopic (exact) mass is 391 g/mol. The Labute approximate surface area is 138 Å². The third-order valence-electron chi connectivity index (χ3n) is 2.88. The Morgan fingerprint density at radius 1 is 1.38 bits per heavy atom. The van der Waals surface area contributed by atoms with Crippen molar-refractivity contribution in [1.82, 2.24) is 0 Å². The summed E-state index contributed by atoms with van der Waals surface area (Å²) in [5, 5.41) is 0.486. The van der Waals surface area contributed by atoms with Crippen molar-refractivity contribution in [3.8, 4) is 11.1 Å². The molecule has 3 nitrogen and oxygen atoms in total. The second-order valence-corrected chi connectivity index (χ2v) is 5.74. The van der Waals surface area contributed by atoms with E-state index in [0.717, 1.165) is 0 Å². The van der Waals surface area contributed by atoms with Crippen molar-refractivity contribution in [3.63, 3.8) is 0 Å². The zero-order valence-corrected chi connectivity index (χ0v) is 13.8. The SMILES string of the molecule is COC(=O)c1cc(Br)c(-c2cccc(Cl)c2Cl)c(F)c1N. The third-order valence-corrected chi connectivity index (χ3v) is 4.33. The fourth-order valence-corrected chi connectivity index (χ4v) is 2.87. The molecule has 2 aromatic carbocycles. The molecule has 110 valence electrons. The number of hydrogen-bond donors (Lipinski definition) is 1. The summed E-state index contributed by atoms with van der Waals surface area (Å²) < 4.78 is 19.4. The number of hydrogen-bond acceptors (Lipinski definition) is 3. The number of anilines is 1. The minimum absolute atomic E-state index is 0.0659. The van der Waals surface area contributed by atoms with Gasteiger partial charge in [-0.3, -0.25) is 0 Å². The molecule has 0 aliphatic carbocycles.